The largest absolute Gasteiger partial charge is 0.352 e. The SMILES string of the molecule is NS(=O)(=O)c1ccc(F)c(C(=O)NCCC2CCC2)c1F. The lowest BCUT2D eigenvalue weighted by Crippen LogP contribution is -2.29. The van der Waals surface area contributed by atoms with E-state index in [0.717, 1.165) is 25.7 Å². The molecule has 2 rings (SSSR count). The molecule has 0 aliphatic heterocycles. The van der Waals surface area contributed by atoms with Crippen LogP contribution in [0.1, 0.15) is 36.0 Å². The van der Waals surface area contributed by atoms with Crippen LogP contribution in [0.2, 0.25) is 0 Å². The van der Waals surface area contributed by atoms with Gasteiger partial charge in [-0.3, -0.25) is 4.79 Å². The maximum absolute atomic E-state index is 14.0. The molecule has 116 valence electrons. The fourth-order valence-electron chi connectivity index (χ4n) is 2.22. The van der Waals surface area contributed by atoms with E-state index in [-0.39, 0.29) is 0 Å². The van der Waals surface area contributed by atoms with Gasteiger partial charge in [0, 0.05) is 6.54 Å². The molecule has 0 unspecified atom stereocenters. The molecule has 3 N–H and O–H groups in total. The Hall–Kier alpha value is -1.54. The van der Waals surface area contributed by atoms with Crippen molar-refractivity contribution in [2.24, 2.45) is 11.1 Å². The molecule has 0 saturated heterocycles. The summed E-state index contributed by atoms with van der Waals surface area (Å²) in [5.41, 5.74) is -0.921. The van der Waals surface area contributed by atoms with Gasteiger partial charge < -0.3 is 5.32 Å². The van der Waals surface area contributed by atoms with Gasteiger partial charge >= 0.3 is 0 Å². The van der Waals surface area contributed by atoms with Crippen LogP contribution in [0.5, 0.6) is 0 Å². The van der Waals surface area contributed by atoms with Crippen LogP contribution in [0.4, 0.5) is 8.78 Å². The van der Waals surface area contributed by atoms with Crippen LogP contribution in [0.25, 0.3) is 0 Å². The first-order valence-corrected chi connectivity index (χ1v) is 8.14. The molecule has 1 aromatic carbocycles. The minimum absolute atomic E-state index is 0.294. The summed E-state index contributed by atoms with van der Waals surface area (Å²) in [7, 11) is -4.36. The number of rotatable bonds is 5. The summed E-state index contributed by atoms with van der Waals surface area (Å²) in [5.74, 6) is -3.02. The quantitative estimate of drug-likeness (QED) is 0.863. The topological polar surface area (TPSA) is 89.3 Å². The van der Waals surface area contributed by atoms with Gasteiger partial charge in [-0.1, -0.05) is 19.3 Å². The van der Waals surface area contributed by atoms with Crippen LogP contribution in [0.3, 0.4) is 0 Å². The van der Waals surface area contributed by atoms with E-state index in [2.05, 4.69) is 5.32 Å². The van der Waals surface area contributed by atoms with Crippen molar-refractivity contribution in [3.05, 3.63) is 29.3 Å². The minimum atomic E-state index is -4.36. The molecule has 8 heteroatoms. The predicted octanol–water partition coefficient (Wildman–Crippen LogP) is 1.53. The highest BCUT2D eigenvalue weighted by molar-refractivity contribution is 7.89. The number of halogens is 2. The van der Waals surface area contributed by atoms with Gasteiger partial charge in [0.25, 0.3) is 5.91 Å². The molecule has 0 radical (unpaired) electrons. The molecular weight excluding hydrogens is 302 g/mol. The van der Waals surface area contributed by atoms with Crippen LogP contribution in [0.15, 0.2) is 17.0 Å². The van der Waals surface area contributed by atoms with Crippen LogP contribution >= 0.6 is 0 Å². The number of hydrogen-bond acceptors (Lipinski definition) is 3. The number of carbonyl (C=O) groups is 1. The Balaban J connectivity index is 2.15. The van der Waals surface area contributed by atoms with Crippen LogP contribution < -0.4 is 10.5 Å². The van der Waals surface area contributed by atoms with Crippen molar-refractivity contribution in [3.63, 3.8) is 0 Å². The maximum atomic E-state index is 14.0. The molecule has 0 aromatic heterocycles. The van der Waals surface area contributed by atoms with Gasteiger partial charge in [0.15, 0.2) is 5.82 Å². The lowest BCUT2D eigenvalue weighted by atomic mass is 9.83. The summed E-state index contributed by atoms with van der Waals surface area (Å²) in [6.45, 7) is 0.294. The average Bonchev–Trinajstić information content (AvgIpc) is 2.30. The van der Waals surface area contributed by atoms with Crippen molar-refractivity contribution in [1.29, 1.82) is 0 Å². The van der Waals surface area contributed by atoms with Gasteiger partial charge in [-0.05, 0) is 24.5 Å². The molecular formula is C13H16F2N2O3S. The third kappa shape index (κ3) is 3.56. The van der Waals surface area contributed by atoms with Crippen LogP contribution in [0, 0.1) is 17.6 Å². The Morgan fingerprint density at radius 2 is 2.00 bits per heavy atom. The van der Waals surface area contributed by atoms with Gasteiger partial charge in [-0.15, -0.1) is 0 Å². The first-order chi connectivity index (χ1) is 9.80. The van der Waals surface area contributed by atoms with Gasteiger partial charge in [0.05, 0.1) is 0 Å². The summed E-state index contributed by atoms with van der Waals surface area (Å²) in [5, 5.41) is 7.22. The molecule has 0 atom stereocenters. The van der Waals surface area contributed by atoms with E-state index < -0.39 is 38.0 Å². The van der Waals surface area contributed by atoms with Gasteiger partial charge in [-0.25, -0.2) is 22.3 Å². The lowest BCUT2D eigenvalue weighted by molar-refractivity contribution is 0.0940. The van der Waals surface area contributed by atoms with Crippen LogP contribution in [-0.4, -0.2) is 20.9 Å². The van der Waals surface area contributed by atoms with E-state index in [1.165, 1.54) is 0 Å². The van der Waals surface area contributed by atoms with Crippen LogP contribution in [-0.2, 0) is 10.0 Å². The van der Waals surface area contributed by atoms with Gasteiger partial charge in [0.2, 0.25) is 10.0 Å². The highest BCUT2D eigenvalue weighted by Crippen LogP contribution is 2.28. The molecule has 1 aliphatic carbocycles. The average molecular weight is 318 g/mol. The number of hydrogen-bond donors (Lipinski definition) is 2. The Morgan fingerprint density at radius 1 is 1.33 bits per heavy atom. The predicted molar refractivity (Wildman–Crippen MR) is 72.0 cm³/mol. The number of sulfonamides is 1. The van der Waals surface area contributed by atoms with E-state index in [1.54, 1.807) is 0 Å². The summed E-state index contributed by atoms with van der Waals surface area (Å²) in [6, 6.07) is 1.41. The Bertz CT molecular complexity index is 658. The van der Waals surface area contributed by atoms with Crippen molar-refractivity contribution in [3.8, 4) is 0 Å². The molecule has 1 saturated carbocycles. The number of amides is 1. The fourth-order valence-corrected chi connectivity index (χ4v) is 2.83. The Kier molecular flexibility index (Phi) is 4.58. The molecule has 5 nitrogen and oxygen atoms in total. The second-order valence-electron chi connectivity index (χ2n) is 5.12. The number of carbonyl (C=O) groups excluding carboxylic acids is 1. The molecule has 1 fully saturated rings. The normalized spacial score (nSPS) is 15.6. The summed E-state index contributed by atoms with van der Waals surface area (Å²) < 4.78 is 49.9. The number of nitrogens with two attached hydrogens (primary N) is 1. The second-order valence-corrected chi connectivity index (χ2v) is 6.65. The molecule has 1 aliphatic rings. The van der Waals surface area contributed by atoms with Gasteiger partial charge in [-0.2, -0.15) is 0 Å². The molecule has 0 spiro atoms. The number of nitrogens with one attached hydrogen (secondary N) is 1. The zero-order chi connectivity index (χ0) is 15.6. The van der Waals surface area contributed by atoms with E-state index in [4.69, 9.17) is 5.14 Å². The van der Waals surface area contributed by atoms with Crippen molar-refractivity contribution in [2.75, 3.05) is 6.54 Å². The molecule has 21 heavy (non-hydrogen) atoms. The first kappa shape index (κ1) is 15.8. The summed E-state index contributed by atoms with van der Waals surface area (Å²) in [6.07, 6.45) is 4.10. The van der Waals surface area contributed by atoms with Crippen molar-refractivity contribution in [1.82, 2.24) is 5.32 Å². The number of benzene rings is 1. The zero-order valence-electron chi connectivity index (χ0n) is 11.2. The third-order valence-corrected chi connectivity index (χ3v) is 4.58. The first-order valence-electron chi connectivity index (χ1n) is 6.59. The number of primary sulfonamides is 1. The van der Waals surface area contributed by atoms with Crippen molar-refractivity contribution >= 4 is 15.9 Å². The molecule has 1 amide bonds. The smallest absolute Gasteiger partial charge is 0.257 e. The maximum Gasteiger partial charge on any atom is 0.257 e. The summed E-state index contributed by atoms with van der Waals surface area (Å²) in [4.78, 5) is 10.9. The lowest BCUT2D eigenvalue weighted by Gasteiger charge is -2.25. The molecule has 0 heterocycles. The second kappa shape index (κ2) is 6.07. The van der Waals surface area contributed by atoms with E-state index in [9.17, 15) is 22.0 Å². The fraction of sp³-hybridized carbons (Fsp3) is 0.462. The molecule has 1 aromatic rings. The Morgan fingerprint density at radius 3 is 2.52 bits per heavy atom. The highest BCUT2D eigenvalue weighted by Gasteiger charge is 2.25. The van der Waals surface area contributed by atoms with E-state index in [0.29, 0.717) is 24.6 Å². The van der Waals surface area contributed by atoms with Crippen molar-refractivity contribution in [2.45, 2.75) is 30.6 Å². The van der Waals surface area contributed by atoms with Crippen molar-refractivity contribution < 1.29 is 22.0 Å². The minimum Gasteiger partial charge on any atom is -0.352 e. The summed E-state index contributed by atoms with van der Waals surface area (Å²) >= 11 is 0. The Labute approximate surface area is 121 Å². The van der Waals surface area contributed by atoms with E-state index in [1.807, 2.05) is 0 Å². The highest BCUT2D eigenvalue weighted by atomic mass is 32.2. The molecule has 0 bridgehead atoms. The van der Waals surface area contributed by atoms with E-state index >= 15 is 0 Å². The standard InChI is InChI=1S/C13H16F2N2O3S/c14-9-4-5-10(21(16,19)20)12(15)11(9)13(18)17-7-6-8-2-1-3-8/h4-5,8H,1-3,6-7H2,(H,17,18)(H2,16,19,20). The third-order valence-electron chi connectivity index (χ3n) is 3.65. The van der Waals surface area contributed by atoms with Gasteiger partial charge in [0.1, 0.15) is 16.3 Å². The monoisotopic (exact) mass is 318 g/mol. The zero-order valence-corrected chi connectivity index (χ0v) is 12.1.